The molecule has 0 aromatic heterocycles. The Balaban J connectivity index is 1.78. The highest BCUT2D eigenvalue weighted by atomic mass is 16.7. The largest absolute Gasteiger partial charge is 0.497 e. The minimum atomic E-state index is -0.00331. The van der Waals surface area contributed by atoms with Gasteiger partial charge in [-0.05, 0) is 37.8 Å². The fourth-order valence-electron chi connectivity index (χ4n) is 2.94. The van der Waals surface area contributed by atoms with Gasteiger partial charge in [0.05, 0.1) is 12.8 Å². The molecule has 1 spiro atoms. The highest BCUT2D eigenvalue weighted by molar-refractivity contribution is 6.01. The van der Waals surface area contributed by atoms with Gasteiger partial charge >= 0.3 is 0 Å². The van der Waals surface area contributed by atoms with Crippen molar-refractivity contribution < 1.29 is 9.57 Å². The van der Waals surface area contributed by atoms with E-state index in [1.807, 2.05) is 18.2 Å². The number of rotatable bonds is 2. The first-order valence-electron chi connectivity index (χ1n) is 6.71. The van der Waals surface area contributed by atoms with E-state index in [-0.39, 0.29) is 5.60 Å². The summed E-state index contributed by atoms with van der Waals surface area (Å²) in [6, 6.07) is 8.06. The fourth-order valence-corrected chi connectivity index (χ4v) is 2.94. The Morgan fingerprint density at radius 2 is 2.06 bits per heavy atom. The van der Waals surface area contributed by atoms with Gasteiger partial charge < -0.3 is 9.57 Å². The third-order valence-corrected chi connectivity index (χ3v) is 4.01. The molecule has 0 amide bonds. The highest BCUT2D eigenvalue weighted by Crippen LogP contribution is 2.39. The molecule has 0 bridgehead atoms. The van der Waals surface area contributed by atoms with Crippen LogP contribution in [0.3, 0.4) is 0 Å². The lowest BCUT2D eigenvalue weighted by molar-refractivity contribution is -0.0449. The zero-order valence-corrected chi connectivity index (χ0v) is 10.8. The van der Waals surface area contributed by atoms with E-state index in [1.54, 1.807) is 7.11 Å². The van der Waals surface area contributed by atoms with E-state index < -0.39 is 0 Å². The van der Waals surface area contributed by atoms with Crippen molar-refractivity contribution in [1.29, 1.82) is 0 Å². The van der Waals surface area contributed by atoms with E-state index in [4.69, 9.17) is 9.57 Å². The van der Waals surface area contributed by atoms with Gasteiger partial charge in [0, 0.05) is 12.0 Å². The first kappa shape index (κ1) is 11.6. The fraction of sp³-hybridized carbons (Fsp3) is 0.533. The summed E-state index contributed by atoms with van der Waals surface area (Å²) in [6.45, 7) is 0. The summed E-state index contributed by atoms with van der Waals surface area (Å²) in [5, 5.41) is 4.32. The molecule has 3 rings (SSSR count). The summed E-state index contributed by atoms with van der Waals surface area (Å²) < 4.78 is 5.26. The Morgan fingerprint density at radius 1 is 1.22 bits per heavy atom. The predicted molar refractivity (Wildman–Crippen MR) is 71.0 cm³/mol. The van der Waals surface area contributed by atoms with Gasteiger partial charge in [0.25, 0.3) is 0 Å². The Labute approximate surface area is 108 Å². The molecule has 1 heterocycles. The van der Waals surface area contributed by atoms with Crippen LogP contribution in [-0.4, -0.2) is 18.4 Å². The molecule has 18 heavy (non-hydrogen) atoms. The SMILES string of the molecule is COc1cccc(C2=NOC3(CCCCC3)C2)c1. The molecule has 96 valence electrons. The van der Waals surface area contributed by atoms with Crippen LogP contribution in [0.5, 0.6) is 5.75 Å². The van der Waals surface area contributed by atoms with Crippen molar-refractivity contribution in [3.8, 4) is 5.75 Å². The van der Waals surface area contributed by atoms with Gasteiger partial charge in [-0.15, -0.1) is 0 Å². The van der Waals surface area contributed by atoms with Gasteiger partial charge in [-0.3, -0.25) is 0 Å². The molecule has 1 saturated carbocycles. The zero-order chi connectivity index (χ0) is 12.4. The van der Waals surface area contributed by atoms with E-state index >= 15 is 0 Å². The van der Waals surface area contributed by atoms with Crippen molar-refractivity contribution in [3.63, 3.8) is 0 Å². The van der Waals surface area contributed by atoms with Gasteiger partial charge in [-0.2, -0.15) is 0 Å². The van der Waals surface area contributed by atoms with Crippen LogP contribution in [-0.2, 0) is 4.84 Å². The van der Waals surface area contributed by atoms with E-state index in [1.165, 1.54) is 19.3 Å². The van der Waals surface area contributed by atoms with Gasteiger partial charge in [-0.25, -0.2) is 0 Å². The molecule has 1 aliphatic heterocycles. The minimum absolute atomic E-state index is 0.00331. The lowest BCUT2D eigenvalue weighted by atomic mass is 9.81. The Bertz CT molecular complexity index is 461. The van der Waals surface area contributed by atoms with Crippen molar-refractivity contribution >= 4 is 5.71 Å². The van der Waals surface area contributed by atoms with Crippen LogP contribution in [0.2, 0.25) is 0 Å². The maximum absolute atomic E-state index is 5.77. The Morgan fingerprint density at radius 3 is 2.83 bits per heavy atom. The van der Waals surface area contributed by atoms with Crippen LogP contribution >= 0.6 is 0 Å². The number of oxime groups is 1. The number of ether oxygens (including phenoxy) is 1. The molecule has 1 aromatic rings. The van der Waals surface area contributed by atoms with Crippen LogP contribution < -0.4 is 4.74 Å². The Hall–Kier alpha value is -1.51. The van der Waals surface area contributed by atoms with E-state index in [0.717, 1.165) is 36.3 Å². The van der Waals surface area contributed by atoms with Crippen molar-refractivity contribution in [2.45, 2.75) is 44.1 Å². The van der Waals surface area contributed by atoms with Gasteiger partial charge in [0.15, 0.2) is 0 Å². The molecule has 0 atom stereocenters. The van der Waals surface area contributed by atoms with Crippen LogP contribution in [0.15, 0.2) is 29.4 Å². The molecule has 3 nitrogen and oxygen atoms in total. The molecule has 0 unspecified atom stereocenters. The summed E-state index contributed by atoms with van der Waals surface area (Å²) in [7, 11) is 1.69. The molecule has 1 fully saturated rings. The van der Waals surface area contributed by atoms with Crippen molar-refractivity contribution in [2.75, 3.05) is 7.11 Å². The summed E-state index contributed by atoms with van der Waals surface area (Å²) in [6.07, 6.45) is 7.09. The van der Waals surface area contributed by atoms with Gasteiger partial charge in [-0.1, -0.05) is 23.7 Å². The number of hydrogen-bond acceptors (Lipinski definition) is 3. The molecule has 1 aliphatic carbocycles. The second kappa shape index (κ2) is 4.63. The summed E-state index contributed by atoms with van der Waals surface area (Å²) in [5.41, 5.74) is 2.18. The standard InChI is InChI=1S/C15H19NO2/c1-17-13-7-5-6-12(10-13)14-11-15(18-16-14)8-3-2-4-9-15/h5-7,10H,2-4,8-9,11H2,1H3. The van der Waals surface area contributed by atoms with Crippen molar-refractivity contribution in [3.05, 3.63) is 29.8 Å². The molecule has 0 saturated heterocycles. The maximum Gasteiger partial charge on any atom is 0.143 e. The van der Waals surface area contributed by atoms with Gasteiger partial charge in [0.1, 0.15) is 11.4 Å². The van der Waals surface area contributed by atoms with E-state index in [0.29, 0.717) is 0 Å². The average Bonchev–Trinajstić information content (AvgIpc) is 2.83. The summed E-state index contributed by atoms with van der Waals surface area (Å²) >= 11 is 0. The molecule has 3 heteroatoms. The molecule has 1 aromatic carbocycles. The minimum Gasteiger partial charge on any atom is -0.497 e. The second-order valence-corrected chi connectivity index (χ2v) is 5.28. The van der Waals surface area contributed by atoms with Crippen LogP contribution in [0.4, 0.5) is 0 Å². The highest BCUT2D eigenvalue weighted by Gasteiger charge is 2.40. The lowest BCUT2D eigenvalue weighted by Gasteiger charge is -2.30. The molecule has 0 N–H and O–H groups in total. The quantitative estimate of drug-likeness (QED) is 0.798. The molecule has 0 radical (unpaired) electrons. The van der Waals surface area contributed by atoms with Crippen LogP contribution in [0, 0.1) is 0 Å². The van der Waals surface area contributed by atoms with Crippen molar-refractivity contribution in [1.82, 2.24) is 0 Å². The van der Waals surface area contributed by atoms with Crippen molar-refractivity contribution in [2.24, 2.45) is 5.16 Å². The molecular weight excluding hydrogens is 226 g/mol. The van der Waals surface area contributed by atoms with Crippen LogP contribution in [0.1, 0.15) is 44.1 Å². The number of hydrogen-bond donors (Lipinski definition) is 0. The zero-order valence-electron chi connectivity index (χ0n) is 10.8. The summed E-state index contributed by atoms with van der Waals surface area (Å²) in [5.74, 6) is 0.875. The second-order valence-electron chi connectivity index (χ2n) is 5.28. The Kier molecular flexibility index (Phi) is 2.98. The normalized spacial score (nSPS) is 21.5. The summed E-state index contributed by atoms with van der Waals surface area (Å²) in [4.78, 5) is 5.77. The van der Waals surface area contributed by atoms with Gasteiger partial charge in [0.2, 0.25) is 0 Å². The number of benzene rings is 1. The van der Waals surface area contributed by atoms with E-state index in [2.05, 4.69) is 11.2 Å². The molecular formula is C15H19NO2. The van der Waals surface area contributed by atoms with Crippen LogP contribution in [0.25, 0.3) is 0 Å². The average molecular weight is 245 g/mol. The third kappa shape index (κ3) is 2.09. The smallest absolute Gasteiger partial charge is 0.143 e. The maximum atomic E-state index is 5.77. The molecule has 2 aliphatic rings. The number of methoxy groups -OCH3 is 1. The predicted octanol–water partition coefficient (Wildman–Crippen LogP) is 3.52. The third-order valence-electron chi connectivity index (χ3n) is 4.01. The first-order valence-corrected chi connectivity index (χ1v) is 6.71. The lowest BCUT2D eigenvalue weighted by Crippen LogP contribution is -2.31. The monoisotopic (exact) mass is 245 g/mol. The number of nitrogens with zero attached hydrogens (tertiary/aromatic N) is 1. The van der Waals surface area contributed by atoms with E-state index in [9.17, 15) is 0 Å². The first-order chi connectivity index (χ1) is 8.81. The topological polar surface area (TPSA) is 30.8 Å².